The number of carbonyl (C=O) groups excluding carboxylic acids is 1. The normalized spacial score (nSPS) is 18.4. The highest BCUT2D eigenvalue weighted by Crippen LogP contribution is 2.36. The van der Waals surface area contributed by atoms with E-state index in [1.807, 2.05) is 29.7 Å². The van der Waals surface area contributed by atoms with Gasteiger partial charge in [0.25, 0.3) is 11.5 Å². The van der Waals surface area contributed by atoms with Crippen molar-refractivity contribution in [3.63, 3.8) is 0 Å². The Morgan fingerprint density at radius 1 is 1.05 bits per heavy atom. The number of methoxy groups -OCH3 is 1. The van der Waals surface area contributed by atoms with Crippen LogP contribution < -0.4 is 25.2 Å². The lowest BCUT2D eigenvalue weighted by Gasteiger charge is -2.43. The highest BCUT2D eigenvalue weighted by molar-refractivity contribution is 5.83. The van der Waals surface area contributed by atoms with E-state index in [1.54, 1.807) is 43.7 Å². The van der Waals surface area contributed by atoms with Gasteiger partial charge in [-0.05, 0) is 73.4 Å². The summed E-state index contributed by atoms with van der Waals surface area (Å²) in [6.07, 6.45) is 2.74. The third-order valence-corrected chi connectivity index (χ3v) is 7.17. The number of pyridine rings is 1. The van der Waals surface area contributed by atoms with Gasteiger partial charge in [-0.15, -0.1) is 0 Å². The largest absolute Gasteiger partial charge is 0.497 e. The van der Waals surface area contributed by atoms with E-state index in [2.05, 4.69) is 27.6 Å². The van der Waals surface area contributed by atoms with E-state index < -0.39 is 0 Å². The maximum absolute atomic E-state index is 12.4. The fourth-order valence-electron chi connectivity index (χ4n) is 5.50. The average Bonchev–Trinajstić information content (AvgIpc) is 2.94. The lowest BCUT2D eigenvalue weighted by atomic mass is 9.83. The summed E-state index contributed by atoms with van der Waals surface area (Å²) in [4.78, 5) is 27.0. The van der Waals surface area contributed by atoms with Crippen LogP contribution in [0.1, 0.15) is 36.1 Å². The van der Waals surface area contributed by atoms with Gasteiger partial charge < -0.3 is 18.8 Å². The van der Waals surface area contributed by atoms with Crippen molar-refractivity contribution in [2.75, 3.05) is 33.4 Å². The Morgan fingerprint density at radius 2 is 1.87 bits per heavy atom. The van der Waals surface area contributed by atoms with Crippen molar-refractivity contribution in [2.45, 2.75) is 32.4 Å². The lowest BCUT2D eigenvalue weighted by Crippen LogP contribution is -2.46. The smallest absolute Gasteiger partial charge is 0.277 e. The Labute approximate surface area is 228 Å². The van der Waals surface area contributed by atoms with Gasteiger partial charge in [-0.1, -0.05) is 6.07 Å². The van der Waals surface area contributed by atoms with Crippen LogP contribution in [-0.2, 0) is 17.9 Å². The molecule has 1 N–H and O–H groups in total. The van der Waals surface area contributed by atoms with Crippen LogP contribution in [0.2, 0.25) is 0 Å². The molecule has 1 amide bonds. The zero-order valence-corrected chi connectivity index (χ0v) is 22.3. The number of likely N-dealkylation sites (tertiary alicyclic amines) is 1. The Kier molecular flexibility index (Phi) is 8.27. The second-order valence-corrected chi connectivity index (χ2v) is 9.95. The molecule has 2 aliphatic heterocycles. The Balaban J connectivity index is 1.21. The quantitative estimate of drug-likeness (QED) is 0.319. The van der Waals surface area contributed by atoms with Gasteiger partial charge in [0.2, 0.25) is 0 Å². The molecule has 0 spiro atoms. The van der Waals surface area contributed by atoms with Crippen molar-refractivity contribution in [1.29, 1.82) is 0 Å². The van der Waals surface area contributed by atoms with E-state index in [1.165, 1.54) is 0 Å². The minimum atomic E-state index is -0.354. The predicted molar refractivity (Wildman–Crippen MR) is 149 cm³/mol. The van der Waals surface area contributed by atoms with Crippen molar-refractivity contribution in [3.8, 4) is 17.2 Å². The zero-order chi connectivity index (χ0) is 27.2. The van der Waals surface area contributed by atoms with Crippen LogP contribution >= 0.6 is 0 Å². The maximum Gasteiger partial charge on any atom is 0.277 e. The molecule has 1 saturated heterocycles. The third-order valence-electron chi connectivity index (χ3n) is 7.17. The summed E-state index contributed by atoms with van der Waals surface area (Å²) in [7, 11) is 1.59. The fourth-order valence-corrected chi connectivity index (χ4v) is 5.50. The molecule has 1 fully saturated rings. The van der Waals surface area contributed by atoms with E-state index in [-0.39, 0.29) is 18.1 Å². The first-order valence-electron chi connectivity index (χ1n) is 13.3. The topological polar surface area (TPSA) is 94.4 Å². The summed E-state index contributed by atoms with van der Waals surface area (Å²) >= 11 is 0. The number of nitrogens with one attached hydrogen (secondary N) is 1. The van der Waals surface area contributed by atoms with Gasteiger partial charge in [0, 0.05) is 49.4 Å². The summed E-state index contributed by atoms with van der Waals surface area (Å²) < 4.78 is 18.5. The second-order valence-electron chi connectivity index (χ2n) is 9.95. The van der Waals surface area contributed by atoms with Crippen molar-refractivity contribution < 1.29 is 19.0 Å². The Hall–Kier alpha value is -4.11. The maximum atomic E-state index is 12.4. The summed E-state index contributed by atoms with van der Waals surface area (Å²) in [5.74, 6) is 2.58. The van der Waals surface area contributed by atoms with Gasteiger partial charge in [0.05, 0.1) is 19.9 Å². The van der Waals surface area contributed by atoms with Gasteiger partial charge in [-0.2, -0.15) is 5.10 Å². The van der Waals surface area contributed by atoms with Gasteiger partial charge in [-0.25, -0.2) is 5.43 Å². The average molecular weight is 531 g/mol. The Morgan fingerprint density at radius 3 is 2.67 bits per heavy atom. The molecular weight excluding hydrogens is 496 g/mol. The van der Waals surface area contributed by atoms with Crippen LogP contribution in [0, 0.1) is 5.92 Å². The number of rotatable bonds is 10. The second kappa shape index (κ2) is 12.2. The van der Waals surface area contributed by atoms with Crippen molar-refractivity contribution in [2.24, 2.45) is 11.0 Å². The summed E-state index contributed by atoms with van der Waals surface area (Å²) in [6.45, 7) is 5.75. The first-order valence-corrected chi connectivity index (χ1v) is 13.3. The highest BCUT2D eigenvalue weighted by Gasteiger charge is 2.34. The van der Waals surface area contributed by atoms with Crippen LogP contribution in [0.25, 0.3) is 0 Å². The van der Waals surface area contributed by atoms with E-state index >= 15 is 0 Å². The van der Waals surface area contributed by atoms with Gasteiger partial charge in [-0.3, -0.25) is 14.5 Å². The summed E-state index contributed by atoms with van der Waals surface area (Å²) in [5, 5.41) is 4.11. The van der Waals surface area contributed by atoms with E-state index in [0.717, 1.165) is 60.9 Å². The molecule has 2 aliphatic rings. The highest BCUT2D eigenvalue weighted by atomic mass is 16.5. The molecule has 0 aliphatic carbocycles. The third kappa shape index (κ3) is 6.49. The molecule has 2 aromatic carbocycles. The number of nitrogens with zero attached hydrogens (tertiary/aromatic N) is 3. The van der Waals surface area contributed by atoms with Gasteiger partial charge in [0.1, 0.15) is 17.2 Å². The molecule has 0 saturated carbocycles. The van der Waals surface area contributed by atoms with E-state index in [9.17, 15) is 9.59 Å². The number of amides is 1. The number of fused-ring (bicyclic) bond motifs is 4. The number of carbonyl (C=O) groups is 1. The van der Waals surface area contributed by atoms with Crippen molar-refractivity contribution >= 4 is 12.1 Å². The van der Waals surface area contributed by atoms with E-state index in [4.69, 9.17) is 14.2 Å². The molecule has 0 radical (unpaired) electrons. The minimum absolute atomic E-state index is 0.0978. The Bertz CT molecular complexity index is 1380. The molecule has 1 aromatic heterocycles. The molecule has 9 heteroatoms. The molecule has 2 atom stereocenters. The standard InChI is InChI=1S/C30H34N4O5/c1-3-38-28-12-7-21(15-31-32-29(35)20-39-26-10-8-25(37-2)9-11-26)13-24(28)19-33-16-22-14-23(18-33)27-5-4-6-30(36)34(27)17-22/h4-13,15,22-23H,3,14,16-20H2,1-2H3,(H,32,35)/b31-15-/t22-,23+/m1/s1. The SMILES string of the molecule is CCOc1ccc(/C=N\NC(=O)COc2ccc(OC)cc2)cc1CN1C[C@H]2C[C@@H](C1)c1cccc(=O)n1C2. The molecule has 0 unspecified atom stereocenters. The summed E-state index contributed by atoms with van der Waals surface area (Å²) in [5.41, 5.74) is 5.68. The molecule has 3 aromatic rings. The number of hydrogen-bond donors (Lipinski definition) is 1. The zero-order valence-electron chi connectivity index (χ0n) is 22.3. The molecule has 5 rings (SSSR count). The van der Waals surface area contributed by atoms with Crippen LogP contribution in [0.3, 0.4) is 0 Å². The number of aromatic nitrogens is 1. The number of benzene rings is 2. The minimum Gasteiger partial charge on any atom is -0.497 e. The van der Waals surface area contributed by atoms with Gasteiger partial charge in [0.15, 0.2) is 6.61 Å². The molecular formula is C30H34N4O5. The number of hydrogen-bond acceptors (Lipinski definition) is 7. The van der Waals surface area contributed by atoms with Crippen LogP contribution in [-0.4, -0.2) is 55.0 Å². The first kappa shape index (κ1) is 26.5. The lowest BCUT2D eigenvalue weighted by molar-refractivity contribution is -0.123. The first-order chi connectivity index (χ1) is 19.0. The molecule has 204 valence electrons. The van der Waals surface area contributed by atoms with Crippen LogP contribution in [0.5, 0.6) is 17.2 Å². The number of hydrazone groups is 1. The number of ether oxygens (including phenoxy) is 3. The van der Waals surface area contributed by atoms with E-state index in [0.29, 0.717) is 24.2 Å². The number of piperidine rings is 1. The molecule has 2 bridgehead atoms. The van der Waals surface area contributed by atoms with Crippen molar-refractivity contribution in [3.05, 3.63) is 87.8 Å². The van der Waals surface area contributed by atoms with Crippen LogP contribution in [0.4, 0.5) is 0 Å². The van der Waals surface area contributed by atoms with Crippen LogP contribution in [0.15, 0.2) is 70.6 Å². The summed E-state index contributed by atoms with van der Waals surface area (Å²) in [6, 6.07) is 18.6. The monoisotopic (exact) mass is 530 g/mol. The van der Waals surface area contributed by atoms with Gasteiger partial charge >= 0.3 is 0 Å². The van der Waals surface area contributed by atoms with Crippen molar-refractivity contribution in [1.82, 2.24) is 14.9 Å². The molecule has 3 heterocycles. The molecule has 9 nitrogen and oxygen atoms in total. The predicted octanol–water partition coefficient (Wildman–Crippen LogP) is 3.40. The molecule has 39 heavy (non-hydrogen) atoms. The fraction of sp³-hybridized carbons (Fsp3) is 0.367.